The van der Waals surface area contributed by atoms with E-state index in [9.17, 15) is 0 Å². The predicted molar refractivity (Wildman–Crippen MR) is 62.4 cm³/mol. The molecular weight excluding hydrogens is 256 g/mol. The molecule has 1 heterocycles. The minimum Gasteiger partial charge on any atom is -0.395 e. The van der Waals surface area contributed by atoms with Crippen molar-refractivity contribution in [2.45, 2.75) is 6.54 Å². The van der Waals surface area contributed by atoms with Gasteiger partial charge in [-0.3, -0.25) is 0 Å². The second kappa shape index (κ2) is 4.59. The van der Waals surface area contributed by atoms with Crippen molar-refractivity contribution in [3.8, 4) is 11.3 Å². The van der Waals surface area contributed by atoms with E-state index in [-0.39, 0.29) is 6.61 Å². The summed E-state index contributed by atoms with van der Waals surface area (Å²) in [5.41, 5.74) is 1.98. The van der Waals surface area contributed by atoms with Gasteiger partial charge in [-0.05, 0) is 6.07 Å². The highest BCUT2D eigenvalue weighted by atomic mass is 79.9. The van der Waals surface area contributed by atoms with Crippen LogP contribution in [0.3, 0.4) is 0 Å². The summed E-state index contributed by atoms with van der Waals surface area (Å²) in [5, 5.41) is 8.80. The summed E-state index contributed by atoms with van der Waals surface area (Å²) in [4.78, 5) is 4.29. The van der Waals surface area contributed by atoms with Crippen LogP contribution in [0.2, 0.25) is 0 Å². The van der Waals surface area contributed by atoms with Gasteiger partial charge < -0.3 is 9.67 Å². The lowest BCUT2D eigenvalue weighted by atomic mass is 10.2. The van der Waals surface area contributed by atoms with Gasteiger partial charge in [0.1, 0.15) is 0 Å². The third-order valence-corrected chi connectivity index (χ3v) is 2.83. The van der Waals surface area contributed by atoms with E-state index >= 15 is 0 Å². The standard InChI is InChI=1S/C11H11BrN2O/c12-10-4-2-1-3-9(10)11-7-14(5-6-15)8-13-11/h1-4,7-8,15H,5-6H2. The number of rotatable bonds is 3. The fourth-order valence-electron chi connectivity index (χ4n) is 1.41. The Hall–Kier alpha value is -1.13. The third-order valence-electron chi connectivity index (χ3n) is 2.14. The maximum absolute atomic E-state index is 8.80. The highest BCUT2D eigenvalue weighted by Gasteiger charge is 2.04. The van der Waals surface area contributed by atoms with Crippen LogP contribution in [0.25, 0.3) is 11.3 Å². The Morgan fingerprint density at radius 2 is 2.13 bits per heavy atom. The third kappa shape index (κ3) is 2.27. The molecule has 4 heteroatoms. The molecule has 0 atom stereocenters. The van der Waals surface area contributed by atoms with Gasteiger partial charge >= 0.3 is 0 Å². The van der Waals surface area contributed by atoms with E-state index in [0.717, 1.165) is 15.7 Å². The second-order valence-electron chi connectivity index (χ2n) is 3.20. The summed E-state index contributed by atoms with van der Waals surface area (Å²) in [7, 11) is 0. The number of hydrogen-bond acceptors (Lipinski definition) is 2. The molecule has 1 N–H and O–H groups in total. The summed E-state index contributed by atoms with van der Waals surface area (Å²) in [6, 6.07) is 7.94. The first kappa shape index (κ1) is 10.4. The zero-order valence-corrected chi connectivity index (χ0v) is 9.68. The van der Waals surface area contributed by atoms with E-state index in [1.54, 1.807) is 6.33 Å². The largest absolute Gasteiger partial charge is 0.395 e. The number of hydrogen-bond donors (Lipinski definition) is 1. The lowest BCUT2D eigenvalue weighted by Gasteiger charge is -1.99. The molecule has 15 heavy (non-hydrogen) atoms. The number of nitrogens with zero attached hydrogens (tertiary/aromatic N) is 2. The molecule has 1 aromatic heterocycles. The Bertz CT molecular complexity index is 453. The Morgan fingerprint density at radius 3 is 2.87 bits per heavy atom. The van der Waals surface area contributed by atoms with Gasteiger partial charge in [0.2, 0.25) is 0 Å². The molecule has 0 amide bonds. The average molecular weight is 267 g/mol. The number of benzene rings is 1. The molecule has 78 valence electrons. The number of imidazole rings is 1. The maximum atomic E-state index is 8.80. The molecule has 0 saturated carbocycles. The molecule has 1 aromatic carbocycles. The topological polar surface area (TPSA) is 38.0 Å². The zero-order valence-electron chi connectivity index (χ0n) is 8.10. The zero-order chi connectivity index (χ0) is 10.7. The van der Waals surface area contributed by atoms with Crippen molar-refractivity contribution in [2.24, 2.45) is 0 Å². The SMILES string of the molecule is OCCn1cnc(-c2ccccc2Br)c1. The molecule has 3 nitrogen and oxygen atoms in total. The molecule has 0 aliphatic carbocycles. The van der Waals surface area contributed by atoms with Gasteiger partial charge in [-0.1, -0.05) is 34.1 Å². The molecule has 0 saturated heterocycles. The van der Waals surface area contributed by atoms with Crippen molar-refractivity contribution in [1.82, 2.24) is 9.55 Å². The molecular formula is C11H11BrN2O. The van der Waals surface area contributed by atoms with Gasteiger partial charge in [0, 0.05) is 22.8 Å². The lowest BCUT2D eigenvalue weighted by Crippen LogP contribution is -1.97. The van der Waals surface area contributed by atoms with Gasteiger partial charge in [0.25, 0.3) is 0 Å². The van der Waals surface area contributed by atoms with Crippen molar-refractivity contribution < 1.29 is 5.11 Å². The fourth-order valence-corrected chi connectivity index (χ4v) is 1.89. The van der Waals surface area contributed by atoms with Gasteiger partial charge in [-0.15, -0.1) is 0 Å². The fraction of sp³-hybridized carbons (Fsp3) is 0.182. The monoisotopic (exact) mass is 266 g/mol. The normalized spacial score (nSPS) is 10.5. The van der Waals surface area contributed by atoms with E-state index in [2.05, 4.69) is 20.9 Å². The van der Waals surface area contributed by atoms with Crippen LogP contribution in [0.1, 0.15) is 0 Å². The number of halogens is 1. The van der Waals surface area contributed by atoms with Crippen LogP contribution in [-0.4, -0.2) is 21.3 Å². The Kier molecular flexibility index (Phi) is 3.18. The number of aromatic nitrogens is 2. The van der Waals surface area contributed by atoms with Crippen LogP contribution in [0, 0.1) is 0 Å². The van der Waals surface area contributed by atoms with Crippen LogP contribution in [-0.2, 0) is 6.54 Å². The van der Waals surface area contributed by atoms with Crippen LogP contribution >= 0.6 is 15.9 Å². The second-order valence-corrected chi connectivity index (χ2v) is 4.05. The minimum atomic E-state index is 0.131. The quantitative estimate of drug-likeness (QED) is 0.926. The van der Waals surface area contributed by atoms with E-state index < -0.39 is 0 Å². The van der Waals surface area contributed by atoms with Crippen molar-refractivity contribution in [3.63, 3.8) is 0 Å². The summed E-state index contributed by atoms with van der Waals surface area (Å²) >= 11 is 3.48. The van der Waals surface area contributed by atoms with E-state index in [1.165, 1.54) is 0 Å². The molecule has 0 unspecified atom stereocenters. The van der Waals surface area contributed by atoms with Crippen LogP contribution in [0.5, 0.6) is 0 Å². The lowest BCUT2D eigenvalue weighted by molar-refractivity contribution is 0.276. The van der Waals surface area contributed by atoms with Crippen LogP contribution in [0.15, 0.2) is 41.3 Å². The van der Waals surface area contributed by atoms with E-state index in [1.807, 2.05) is 35.0 Å². The molecule has 0 spiro atoms. The minimum absolute atomic E-state index is 0.131. The van der Waals surface area contributed by atoms with Crippen molar-refractivity contribution in [1.29, 1.82) is 0 Å². The first-order valence-electron chi connectivity index (χ1n) is 4.69. The van der Waals surface area contributed by atoms with Crippen molar-refractivity contribution in [2.75, 3.05) is 6.61 Å². The highest BCUT2D eigenvalue weighted by molar-refractivity contribution is 9.10. The Morgan fingerprint density at radius 1 is 1.33 bits per heavy atom. The van der Waals surface area contributed by atoms with Gasteiger partial charge in [-0.2, -0.15) is 0 Å². The summed E-state index contributed by atoms with van der Waals surface area (Å²) in [6.07, 6.45) is 3.65. The number of aliphatic hydroxyl groups is 1. The average Bonchev–Trinajstić information content (AvgIpc) is 2.68. The molecule has 2 aromatic rings. The molecule has 0 fully saturated rings. The Balaban J connectivity index is 2.33. The van der Waals surface area contributed by atoms with Gasteiger partial charge in [0.15, 0.2) is 0 Å². The van der Waals surface area contributed by atoms with Crippen molar-refractivity contribution in [3.05, 3.63) is 41.3 Å². The highest BCUT2D eigenvalue weighted by Crippen LogP contribution is 2.26. The van der Waals surface area contributed by atoms with Gasteiger partial charge in [0.05, 0.1) is 18.6 Å². The predicted octanol–water partition coefficient (Wildman–Crippen LogP) is 2.30. The summed E-state index contributed by atoms with van der Waals surface area (Å²) in [6.45, 7) is 0.712. The molecule has 0 bridgehead atoms. The van der Waals surface area contributed by atoms with Crippen LogP contribution < -0.4 is 0 Å². The first-order chi connectivity index (χ1) is 7.31. The van der Waals surface area contributed by atoms with Gasteiger partial charge in [-0.25, -0.2) is 4.98 Å². The van der Waals surface area contributed by atoms with E-state index in [4.69, 9.17) is 5.11 Å². The molecule has 0 aliphatic rings. The van der Waals surface area contributed by atoms with E-state index in [0.29, 0.717) is 6.54 Å². The summed E-state index contributed by atoms with van der Waals surface area (Å²) in [5.74, 6) is 0. The molecule has 2 rings (SSSR count). The smallest absolute Gasteiger partial charge is 0.0954 e. The van der Waals surface area contributed by atoms with Crippen molar-refractivity contribution >= 4 is 15.9 Å². The maximum Gasteiger partial charge on any atom is 0.0954 e. The van der Waals surface area contributed by atoms with Crippen LogP contribution in [0.4, 0.5) is 0 Å². The first-order valence-corrected chi connectivity index (χ1v) is 5.48. The summed E-state index contributed by atoms with van der Waals surface area (Å²) < 4.78 is 2.90. The molecule has 0 radical (unpaired) electrons. The molecule has 0 aliphatic heterocycles. The Labute approximate surface area is 96.5 Å². The number of aliphatic hydroxyl groups excluding tert-OH is 1.